The highest BCUT2D eigenvalue weighted by atomic mass is 32.2. The Morgan fingerprint density at radius 2 is 1.79 bits per heavy atom. The lowest BCUT2D eigenvalue weighted by Crippen LogP contribution is -2.47. The lowest BCUT2D eigenvalue weighted by Gasteiger charge is -2.30. The van der Waals surface area contributed by atoms with E-state index in [9.17, 15) is 13.2 Å². The number of carbonyl (C=O) groups is 1. The first-order chi connectivity index (χ1) is 13.3. The number of nitrogens with zero attached hydrogens (tertiary/aromatic N) is 1. The fourth-order valence-corrected chi connectivity index (χ4v) is 4.65. The van der Waals surface area contributed by atoms with E-state index in [1.54, 1.807) is 37.3 Å². The summed E-state index contributed by atoms with van der Waals surface area (Å²) in [5.74, 6) is 0.273. The molecular weight excluding hydrogens is 396 g/mol. The topological polar surface area (TPSA) is 75.7 Å². The Bertz CT molecular complexity index is 899. The Hall–Kier alpha value is -2.19. The first-order valence-corrected chi connectivity index (χ1v) is 12.0. The lowest BCUT2D eigenvalue weighted by atomic mass is 10.1. The van der Waals surface area contributed by atoms with Crippen LogP contribution in [0.1, 0.15) is 20.3 Å². The summed E-state index contributed by atoms with van der Waals surface area (Å²) >= 11 is 1.51. The summed E-state index contributed by atoms with van der Waals surface area (Å²) in [6.07, 6.45) is 3.35. The van der Waals surface area contributed by atoms with Gasteiger partial charge in [0, 0.05) is 4.90 Å². The molecule has 0 fully saturated rings. The van der Waals surface area contributed by atoms with Crippen molar-refractivity contribution in [1.82, 2.24) is 0 Å². The van der Waals surface area contributed by atoms with Gasteiger partial charge < -0.3 is 10.1 Å². The fourth-order valence-electron chi connectivity index (χ4n) is 2.88. The molecule has 0 aliphatic rings. The normalized spacial score (nSPS) is 12.3. The SMILES string of the molecule is CCOc1ccc(N([C@H](CC)C(=O)Nc2ccccc2SC)S(C)(=O)=O)cc1. The zero-order chi connectivity index (χ0) is 20.7. The fraction of sp³-hybridized carbons (Fsp3) is 0.350. The van der Waals surface area contributed by atoms with Crippen molar-refractivity contribution in [2.24, 2.45) is 0 Å². The second kappa shape index (κ2) is 9.84. The molecular formula is C20H26N2O4S2. The number of hydrogen-bond acceptors (Lipinski definition) is 5. The van der Waals surface area contributed by atoms with Gasteiger partial charge in [-0.15, -0.1) is 11.8 Å². The Kier molecular flexibility index (Phi) is 7.77. The van der Waals surface area contributed by atoms with Crippen LogP contribution in [-0.4, -0.2) is 39.5 Å². The summed E-state index contributed by atoms with van der Waals surface area (Å²) in [7, 11) is -3.68. The molecule has 0 aromatic heterocycles. The van der Waals surface area contributed by atoms with Crippen molar-refractivity contribution in [1.29, 1.82) is 0 Å². The van der Waals surface area contributed by atoms with E-state index in [1.807, 2.05) is 31.4 Å². The Labute approximate surface area is 171 Å². The van der Waals surface area contributed by atoms with Gasteiger partial charge in [-0.2, -0.15) is 0 Å². The molecule has 0 radical (unpaired) electrons. The second-order valence-corrected chi connectivity index (χ2v) is 8.81. The van der Waals surface area contributed by atoms with Crippen LogP contribution in [0.2, 0.25) is 0 Å². The lowest BCUT2D eigenvalue weighted by molar-refractivity contribution is -0.117. The zero-order valence-electron chi connectivity index (χ0n) is 16.5. The number of sulfonamides is 1. The molecule has 1 N–H and O–H groups in total. The molecule has 2 aromatic rings. The number of ether oxygens (including phenoxy) is 1. The van der Waals surface area contributed by atoms with E-state index in [0.29, 0.717) is 30.2 Å². The van der Waals surface area contributed by atoms with E-state index < -0.39 is 16.1 Å². The van der Waals surface area contributed by atoms with Gasteiger partial charge in [0.05, 0.1) is 24.2 Å². The van der Waals surface area contributed by atoms with Gasteiger partial charge in [0.1, 0.15) is 11.8 Å². The van der Waals surface area contributed by atoms with Crippen LogP contribution in [0, 0.1) is 0 Å². The highest BCUT2D eigenvalue weighted by Gasteiger charge is 2.31. The summed E-state index contributed by atoms with van der Waals surface area (Å²) in [6.45, 7) is 4.18. The molecule has 1 atom stereocenters. The number of nitrogens with one attached hydrogen (secondary N) is 1. The number of amides is 1. The van der Waals surface area contributed by atoms with E-state index in [1.165, 1.54) is 16.1 Å². The minimum atomic E-state index is -3.68. The number of rotatable bonds is 9. The third-order valence-corrected chi connectivity index (χ3v) is 6.07. The highest BCUT2D eigenvalue weighted by Crippen LogP contribution is 2.28. The number of para-hydroxylation sites is 1. The van der Waals surface area contributed by atoms with Crippen LogP contribution in [0.25, 0.3) is 0 Å². The van der Waals surface area contributed by atoms with Crippen molar-refractivity contribution in [2.45, 2.75) is 31.2 Å². The van der Waals surface area contributed by atoms with E-state index >= 15 is 0 Å². The first-order valence-electron chi connectivity index (χ1n) is 8.98. The Morgan fingerprint density at radius 1 is 1.14 bits per heavy atom. The predicted molar refractivity (Wildman–Crippen MR) is 116 cm³/mol. The van der Waals surface area contributed by atoms with Gasteiger partial charge in [0.2, 0.25) is 15.9 Å². The van der Waals surface area contributed by atoms with Crippen molar-refractivity contribution in [3.8, 4) is 5.75 Å². The summed E-state index contributed by atoms with van der Waals surface area (Å²) in [5.41, 5.74) is 1.09. The summed E-state index contributed by atoms with van der Waals surface area (Å²) < 4.78 is 31.6. The van der Waals surface area contributed by atoms with Gasteiger partial charge >= 0.3 is 0 Å². The molecule has 28 heavy (non-hydrogen) atoms. The minimum absolute atomic E-state index is 0.327. The predicted octanol–water partition coefficient (Wildman–Crippen LogP) is 3.99. The number of thioether (sulfide) groups is 1. The molecule has 2 aromatic carbocycles. The van der Waals surface area contributed by atoms with Crippen LogP contribution in [0.15, 0.2) is 53.4 Å². The van der Waals surface area contributed by atoms with Gasteiger partial charge in [-0.25, -0.2) is 8.42 Å². The molecule has 0 spiro atoms. The molecule has 1 amide bonds. The Balaban J connectivity index is 2.36. The maximum Gasteiger partial charge on any atom is 0.248 e. The van der Waals surface area contributed by atoms with Crippen LogP contribution < -0.4 is 14.4 Å². The van der Waals surface area contributed by atoms with Gasteiger partial charge in [0.15, 0.2) is 0 Å². The quantitative estimate of drug-likeness (QED) is 0.619. The molecule has 0 bridgehead atoms. The molecule has 152 valence electrons. The largest absolute Gasteiger partial charge is 0.494 e. The van der Waals surface area contributed by atoms with Crippen molar-refractivity contribution in [3.63, 3.8) is 0 Å². The van der Waals surface area contributed by atoms with Gasteiger partial charge in [-0.1, -0.05) is 19.1 Å². The summed E-state index contributed by atoms with van der Waals surface area (Å²) in [5, 5.41) is 2.88. The van der Waals surface area contributed by atoms with Crippen LogP contribution in [0.3, 0.4) is 0 Å². The molecule has 0 unspecified atom stereocenters. The molecule has 8 heteroatoms. The Morgan fingerprint density at radius 3 is 2.32 bits per heavy atom. The number of anilines is 2. The average Bonchev–Trinajstić information content (AvgIpc) is 2.66. The number of carbonyl (C=O) groups excluding carboxylic acids is 1. The first kappa shape index (κ1) is 22.1. The summed E-state index contributed by atoms with van der Waals surface area (Å²) in [4.78, 5) is 13.9. The zero-order valence-corrected chi connectivity index (χ0v) is 18.1. The second-order valence-electron chi connectivity index (χ2n) is 6.10. The van der Waals surface area contributed by atoms with Crippen molar-refractivity contribution in [3.05, 3.63) is 48.5 Å². The summed E-state index contributed by atoms with van der Waals surface area (Å²) in [6, 6.07) is 13.3. The van der Waals surface area contributed by atoms with E-state index in [0.717, 1.165) is 11.2 Å². The molecule has 2 rings (SSSR count). The molecule has 0 saturated carbocycles. The highest BCUT2D eigenvalue weighted by molar-refractivity contribution is 7.98. The standard InChI is InChI=1S/C20H26N2O4S2/c1-5-18(20(23)21-17-9-7-8-10-19(17)27-3)22(28(4,24)25)15-11-13-16(14-12-15)26-6-2/h7-14,18H,5-6H2,1-4H3,(H,21,23)/t18-/m1/s1. The van der Waals surface area contributed by atoms with E-state index in [4.69, 9.17) is 4.74 Å². The minimum Gasteiger partial charge on any atom is -0.494 e. The van der Waals surface area contributed by atoms with Crippen molar-refractivity contribution >= 4 is 39.1 Å². The van der Waals surface area contributed by atoms with Crippen molar-refractivity contribution < 1.29 is 17.9 Å². The molecule has 0 heterocycles. The van der Waals surface area contributed by atoms with E-state index in [2.05, 4.69) is 5.32 Å². The average molecular weight is 423 g/mol. The van der Waals surface area contributed by atoms with Crippen molar-refractivity contribution in [2.75, 3.05) is 28.7 Å². The monoisotopic (exact) mass is 422 g/mol. The third-order valence-electron chi connectivity index (χ3n) is 4.10. The van der Waals surface area contributed by atoms with Gasteiger partial charge in [-0.3, -0.25) is 9.10 Å². The maximum atomic E-state index is 13.0. The molecule has 0 aliphatic heterocycles. The van der Waals surface area contributed by atoms with Crippen LogP contribution in [0.4, 0.5) is 11.4 Å². The molecule has 6 nitrogen and oxygen atoms in total. The molecule has 0 aliphatic carbocycles. The number of hydrogen-bond donors (Lipinski definition) is 1. The van der Waals surface area contributed by atoms with Crippen LogP contribution in [0.5, 0.6) is 5.75 Å². The number of benzene rings is 2. The van der Waals surface area contributed by atoms with E-state index in [-0.39, 0.29) is 5.91 Å². The van der Waals surface area contributed by atoms with Crippen LogP contribution in [-0.2, 0) is 14.8 Å². The smallest absolute Gasteiger partial charge is 0.248 e. The third kappa shape index (κ3) is 5.42. The maximum absolute atomic E-state index is 13.0. The van der Waals surface area contributed by atoms with Gasteiger partial charge in [0.25, 0.3) is 0 Å². The van der Waals surface area contributed by atoms with Gasteiger partial charge in [-0.05, 0) is 56.0 Å². The molecule has 0 saturated heterocycles. The van der Waals surface area contributed by atoms with Crippen LogP contribution >= 0.6 is 11.8 Å².